The van der Waals surface area contributed by atoms with Crippen LogP contribution in [0, 0.1) is 5.92 Å². The molecule has 194 valence electrons. The van der Waals surface area contributed by atoms with Gasteiger partial charge in [-0.05, 0) is 52.9 Å². The van der Waals surface area contributed by atoms with E-state index in [0.29, 0.717) is 32.0 Å². The third-order valence-electron chi connectivity index (χ3n) is 5.89. The highest BCUT2D eigenvalue weighted by molar-refractivity contribution is 5.86. The van der Waals surface area contributed by atoms with E-state index in [0.717, 1.165) is 32.1 Å². The number of hydrogen-bond acceptors (Lipinski definition) is 6. The maximum atomic E-state index is 12.6. The van der Waals surface area contributed by atoms with Crippen molar-refractivity contribution >= 4 is 17.7 Å². The Morgan fingerprint density at radius 1 is 0.848 bits per heavy atom. The number of esters is 1. The number of nitrogens with one attached hydrogen (secondary N) is 1. The molecule has 0 radical (unpaired) electrons. The van der Waals surface area contributed by atoms with Crippen LogP contribution in [0.3, 0.4) is 0 Å². The van der Waals surface area contributed by atoms with Crippen molar-refractivity contribution in [3.8, 4) is 0 Å². The summed E-state index contributed by atoms with van der Waals surface area (Å²) in [6.45, 7) is 14.8. The van der Waals surface area contributed by atoms with Crippen LogP contribution in [-0.2, 0) is 28.6 Å². The molecule has 0 aliphatic carbocycles. The Kier molecular flexibility index (Phi) is 16.3. The number of ketones is 1. The Balaban J connectivity index is 4.08. The summed E-state index contributed by atoms with van der Waals surface area (Å²) in [5.41, 5.74) is -1.71. The van der Waals surface area contributed by atoms with E-state index in [2.05, 4.69) is 19.2 Å². The van der Waals surface area contributed by atoms with Crippen LogP contribution in [0.25, 0.3) is 0 Å². The summed E-state index contributed by atoms with van der Waals surface area (Å²) in [5, 5.41) is 2.72. The molecular formula is C26H49NO6. The maximum absolute atomic E-state index is 12.6. The van der Waals surface area contributed by atoms with Crippen molar-refractivity contribution in [2.24, 2.45) is 5.92 Å². The molecule has 1 unspecified atom stereocenters. The van der Waals surface area contributed by atoms with Crippen LogP contribution >= 0.6 is 0 Å². The number of hydrogen-bond donors (Lipinski definition) is 1. The molecule has 7 heteroatoms. The molecule has 0 aliphatic rings. The van der Waals surface area contributed by atoms with Gasteiger partial charge in [0.05, 0.1) is 13.2 Å². The van der Waals surface area contributed by atoms with Crippen molar-refractivity contribution in [3.63, 3.8) is 0 Å². The van der Waals surface area contributed by atoms with E-state index in [-0.39, 0.29) is 30.8 Å². The minimum Gasteiger partial charge on any atom is -0.464 e. The van der Waals surface area contributed by atoms with Crippen LogP contribution in [0.2, 0.25) is 0 Å². The van der Waals surface area contributed by atoms with E-state index in [1.54, 1.807) is 20.8 Å². The average molecular weight is 472 g/mol. The largest absolute Gasteiger partial charge is 0.464 e. The van der Waals surface area contributed by atoms with E-state index in [9.17, 15) is 14.4 Å². The summed E-state index contributed by atoms with van der Waals surface area (Å²) in [6.07, 6.45) is 7.80. The molecule has 0 bridgehead atoms. The van der Waals surface area contributed by atoms with Crippen LogP contribution < -0.4 is 5.32 Å². The molecule has 1 N–H and O–H groups in total. The van der Waals surface area contributed by atoms with Crippen LogP contribution in [0.1, 0.15) is 106 Å². The van der Waals surface area contributed by atoms with Gasteiger partial charge >= 0.3 is 5.97 Å². The molecule has 7 nitrogen and oxygen atoms in total. The van der Waals surface area contributed by atoms with Gasteiger partial charge in [0.1, 0.15) is 17.8 Å². The summed E-state index contributed by atoms with van der Waals surface area (Å²) in [4.78, 5) is 36.0. The van der Waals surface area contributed by atoms with Gasteiger partial charge in [-0.25, -0.2) is 0 Å². The molecule has 1 atom stereocenters. The van der Waals surface area contributed by atoms with Crippen LogP contribution in [0.15, 0.2) is 0 Å². The quantitative estimate of drug-likeness (QED) is 0.199. The van der Waals surface area contributed by atoms with Gasteiger partial charge in [0, 0.05) is 19.4 Å². The molecule has 0 saturated heterocycles. The molecule has 0 heterocycles. The third-order valence-corrected chi connectivity index (χ3v) is 5.89. The molecular weight excluding hydrogens is 422 g/mol. The second kappa shape index (κ2) is 17.0. The first-order valence-corrected chi connectivity index (χ1v) is 12.7. The lowest BCUT2D eigenvalue weighted by Crippen LogP contribution is -2.45. The van der Waals surface area contributed by atoms with Crippen molar-refractivity contribution in [1.29, 1.82) is 0 Å². The Labute approximate surface area is 201 Å². The number of rotatable bonds is 20. The first-order valence-electron chi connectivity index (χ1n) is 12.7. The van der Waals surface area contributed by atoms with Crippen LogP contribution in [0.4, 0.5) is 0 Å². The zero-order chi connectivity index (χ0) is 25.3. The lowest BCUT2D eigenvalue weighted by molar-refractivity contribution is -0.146. The van der Waals surface area contributed by atoms with Gasteiger partial charge in [-0.15, -0.1) is 0 Å². The summed E-state index contributed by atoms with van der Waals surface area (Å²) in [5.74, 6) is 0.122. The average Bonchev–Trinajstić information content (AvgIpc) is 2.78. The maximum Gasteiger partial charge on any atom is 0.305 e. The highest BCUT2D eigenvalue weighted by Gasteiger charge is 2.29. The van der Waals surface area contributed by atoms with Crippen molar-refractivity contribution < 1.29 is 28.6 Å². The highest BCUT2D eigenvalue weighted by Crippen LogP contribution is 2.20. The van der Waals surface area contributed by atoms with Gasteiger partial charge in [0.2, 0.25) is 0 Å². The first-order chi connectivity index (χ1) is 15.5. The Bertz CT molecular complexity index is 573. The molecule has 0 aromatic heterocycles. The van der Waals surface area contributed by atoms with Gasteiger partial charge in [0.25, 0.3) is 5.91 Å². The standard InChI is InChI=1S/C26H49NO6/c1-8-11-15-21(9-2)20-33-25(4,5)22(28)16-13-12-14-18-32-26(6,7)24(30)27-17-19-31-23(29)10-3/h21H,8-20H2,1-7H3,(H,27,30). The summed E-state index contributed by atoms with van der Waals surface area (Å²) in [6, 6.07) is 0. The monoisotopic (exact) mass is 471 g/mol. The molecule has 1 amide bonds. The van der Waals surface area contributed by atoms with E-state index in [1.807, 2.05) is 13.8 Å². The van der Waals surface area contributed by atoms with Gasteiger partial charge in [-0.1, -0.05) is 46.5 Å². The highest BCUT2D eigenvalue weighted by atomic mass is 16.5. The number of Topliss-reactive ketones (excluding diaryl/α,β-unsaturated/α-hetero) is 1. The van der Waals surface area contributed by atoms with E-state index >= 15 is 0 Å². The fraction of sp³-hybridized carbons (Fsp3) is 0.885. The smallest absolute Gasteiger partial charge is 0.305 e. The van der Waals surface area contributed by atoms with Crippen LogP contribution in [0.5, 0.6) is 0 Å². The lowest BCUT2D eigenvalue weighted by atomic mass is 9.96. The fourth-order valence-electron chi connectivity index (χ4n) is 3.21. The van der Waals surface area contributed by atoms with E-state index in [4.69, 9.17) is 14.2 Å². The number of ether oxygens (including phenoxy) is 3. The predicted molar refractivity (Wildman–Crippen MR) is 131 cm³/mol. The van der Waals surface area contributed by atoms with Gasteiger partial charge < -0.3 is 19.5 Å². The molecule has 0 fully saturated rings. The lowest BCUT2D eigenvalue weighted by Gasteiger charge is -2.27. The van der Waals surface area contributed by atoms with Crippen molar-refractivity contribution in [3.05, 3.63) is 0 Å². The van der Waals surface area contributed by atoms with Crippen molar-refractivity contribution in [2.45, 2.75) is 117 Å². The van der Waals surface area contributed by atoms with Gasteiger partial charge in [-0.3, -0.25) is 14.4 Å². The molecule has 0 aromatic rings. The minimum absolute atomic E-state index is 0.136. The normalized spacial score (nSPS) is 12.9. The number of carbonyl (C=O) groups is 3. The minimum atomic E-state index is -0.964. The fourth-order valence-corrected chi connectivity index (χ4v) is 3.21. The Hall–Kier alpha value is -1.47. The number of carbonyl (C=O) groups excluding carboxylic acids is 3. The molecule has 0 rings (SSSR count). The topological polar surface area (TPSA) is 90.9 Å². The number of unbranched alkanes of at least 4 members (excludes halogenated alkanes) is 3. The second-order valence-electron chi connectivity index (χ2n) is 9.66. The Morgan fingerprint density at radius 3 is 2.15 bits per heavy atom. The molecule has 0 spiro atoms. The molecule has 0 aromatic carbocycles. The Morgan fingerprint density at radius 2 is 1.55 bits per heavy atom. The zero-order valence-corrected chi connectivity index (χ0v) is 22.2. The molecule has 0 aliphatic heterocycles. The van der Waals surface area contributed by atoms with Crippen LogP contribution in [-0.4, -0.2) is 55.2 Å². The summed E-state index contributed by atoms with van der Waals surface area (Å²) in [7, 11) is 0. The van der Waals surface area contributed by atoms with Crippen molar-refractivity contribution in [1.82, 2.24) is 5.32 Å². The van der Waals surface area contributed by atoms with Gasteiger partial charge in [-0.2, -0.15) is 0 Å². The van der Waals surface area contributed by atoms with Crippen molar-refractivity contribution in [2.75, 3.05) is 26.4 Å². The molecule has 0 saturated carbocycles. The van der Waals surface area contributed by atoms with E-state index < -0.39 is 11.2 Å². The molecule has 33 heavy (non-hydrogen) atoms. The third kappa shape index (κ3) is 14.4. The zero-order valence-electron chi connectivity index (χ0n) is 22.2. The summed E-state index contributed by atoms with van der Waals surface area (Å²) < 4.78 is 16.7. The van der Waals surface area contributed by atoms with E-state index in [1.165, 1.54) is 12.8 Å². The first kappa shape index (κ1) is 31.5. The number of amides is 1. The predicted octanol–water partition coefficient (Wildman–Crippen LogP) is 4.99. The second-order valence-corrected chi connectivity index (χ2v) is 9.66. The van der Waals surface area contributed by atoms with Gasteiger partial charge in [0.15, 0.2) is 5.78 Å². The SMILES string of the molecule is CCCCC(CC)COC(C)(C)C(=O)CCCCCOC(C)(C)C(=O)NCCOC(=O)CC. The summed E-state index contributed by atoms with van der Waals surface area (Å²) >= 11 is 0.